The normalized spacial score (nSPS) is 12.5. The summed E-state index contributed by atoms with van der Waals surface area (Å²) in [5.41, 5.74) is 0.0352. The van der Waals surface area contributed by atoms with Crippen molar-refractivity contribution in [1.29, 1.82) is 0 Å². The van der Waals surface area contributed by atoms with Crippen LogP contribution in [0.4, 0.5) is 17.3 Å². The maximum Gasteiger partial charge on any atom is 0.370 e. The Bertz CT molecular complexity index is 1080. The molecule has 0 saturated carbocycles. The predicted octanol–water partition coefficient (Wildman–Crippen LogP) is 3.45. The highest BCUT2D eigenvalue weighted by molar-refractivity contribution is 5.98. The van der Waals surface area contributed by atoms with Crippen molar-refractivity contribution in [3.63, 3.8) is 0 Å². The minimum Gasteiger partial charge on any atom is -0.504 e. The third-order valence-corrected chi connectivity index (χ3v) is 4.74. The first-order valence-electron chi connectivity index (χ1n) is 9.74. The molecule has 3 rings (SSSR count). The Labute approximate surface area is 180 Å². The first-order valence-corrected chi connectivity index (χ1v) is 9.74. The molecule has 0 aliphatic heterocycles. The molecule has 2 heterocycles. The molecule has 0 aliphatic carbocycles. The smallest absolute Gasteiger partial charge is 0.370 e. The standard InChI is InChI=1S/C21H27N5O5/c1-12-10-11-15(30-12)17(21(2,3)4)23-18-19(26(29)31-24-18)22-14-9-7-8-13(16(14)27)20(28)25(5)6/h7-11,17,29H,1-6H3,(H2,23,24,27,28)/p+1/t17-/m0/s1. The molecular formula is C21H28N5O5+. The first-order chi connectivity index (χ1) is 14.5. The number of carbonyl (C=O) groups is 1. The summed E-state index contributed by atoms with van der Waals surface area (Å²) in [6, 6.07) is 8.13. The summed E-state index contributed by atoms with van der Waals surface area (Å²) in [5, 5.41) is 30.7. The zero-order valence-corrected chi connectivity index (χ0v) is 18.4. The van der Waals surface area contributed by atoms with Crippen LogP contribution in [0.15, 0.2) is 39.4 Å². The molecule has 1 atom stereocenters. The Hall–Kier alpha value is -3.69. The summed E-state index contributed by atoms with van der Waals surface area (Å²) in [5.74, 6) is 1.09. The van der Waals surface area contributed by atoms with Gasteiger partial charge in [-0.15, -0.1) is 0 Å². The van der Waals surface area contributed by atoms with E-state index in [1.54, 1.807) is 26.2 Å². The van der Waals surface area contributed by atoms with Gasteiger partial charge in [0.15, 0.2) is 5.75 Å². The van der Waals surface area contributed by atoms with Crippen LogP contribution in [0.2, 0.25) is 0 Å². The molecule has 1 aromatic carbocycles. The van der Waals surface area contributed by atoms with E-state index in [0.717, 1.165) is 5.76 Å². The fraction of sp³-hybridized carbons (Fsp3) is 0.381. The van der Waals surface area contributed by atoms with Gasteiger partial charge in [0.2, 0.25) is 0 Å². The van der Waals surface area contributed by atoms with Crippen molar-refractivity contribution < 1.29 is 29.1 Å². The van der Waals surface area contributed by atoms with Crippen LogP contribution in [0.25, 0.3) is 0 Å². The Balaban J connectivity index is 1.95. The molecule has 0 spiro atoms. The lowest BCUT2D eigenvalue weighted by Gasteiger charge is -2.28. The van der Waals surface area contributed by atoms with Gasteiger partial charge in [0.25, 0.3) is 5.91 Å². The Morgan fingerprint density at radius 2 is 1.94 bits per heavy atom. The van der Waals surface area contributed by atoms with E-state index in [1.807, 2.05) is 39.8 Å². The van der Waals surface area contributed by atoms with E-state index in [2.05, 4.69) is 15.8 Å². The number of phenols is 1. The molecule has 0 bridgehead atoms. The molecule has 1 amide bonds. The van der Waals surface area contributed by atoms with Crippen molar-refractivity contribution in [3.05, 3.63) is 47.4 Å². The number of phenolic OH excluding ortho intramolecular Hbond substituents is 1. The number of aromatic nitrogens is 2. The van der Waals surface area contributed by atoms with Crippen LogP contribution in [0.1, 0.15) is 48.7 Å². The highest BCUT2D eigenvalue weighted by atomic mass is 16.8. The minimum atomic E-state index is -0.359. The van der Waals surface area contributed by atoms with Gasteiger partial charge in [-0.25, -0.2) is 0 Å². The zero-order chi connectivity index (χ0) is 22.9. The Kier molecular flexibility index (Phi) is 5.83. The van der Waals surface area contributed by atoms with Gasteiger partial charge in [0.1, 0.15) is 27.3 Å². The van der Waals surface area contributed by atoms with E-state index in [4.69, 9.17) is 9.05 Å². The van der Waals surface area contributed by atoms with Gasteiger partial charge >= 0.3 is 11.6 Å². The first kappa shape index (κ1) is 22.0. The Morgan fingerprint density at radius 1 is 1.23 bits per heavy atom. The number of nitrogens with zero attached hydrogens (tertiary/aromatic N) is 3. The quantitative estimate of drug-likeness (QED) is 0.346. The lowest BCUT2D eigenvalue weighted by molar-refractivity contribution is -1.03. The van der Waals surface area contributed by atoms with Crippen molar-refractivity contribution in [2.24, 2.45) is 5.41 Å². The molecular weight excluding hydrogens is 402 g/mol. The Morgan fingerprint density at radius 3 is 2.52 bits per heavy atom. The molecule has 10 nitrogen and oxygen atoms in total. The highest BCUT2D eigenvalue weighted by Crippen LogP contribution is 2.38. The second kappa shape index (κ2) is 8.21. The van der Waals surface area contributed by atoms with Gasteiger partial charge in [-0.2, -0.15) is 0 Å². The van der Waals surface area contributed by atoms with E-state index in [1.165, 1.54) is 11.0 Å². The fourth-order valence-electron chi connectivity index (χ4n) is 3.10. The zero-order valence-electron chi connectivity index (χ0n) is 18.4. The van der Waals surface area contributed by atoms with Gasteiger partial charge < -0.3 is 24.9 Å². The molecule has 31 heavy (non-hydrogen) atoms. The number of furan rings is 1. The summed E-state index contributed by atoms with van der Waals surface area (Å²) in [7, 11) is 3.18. The van der Waals surface area contributed by atoms with E-state index in [-0.39, 0.29) is 46.0 Å². The van der Waals surface area contributed by atoms with Crippen molar-refractivity contribution in [2.75, 3.05) is 24.7 Å². The van der Waals surface area contributed by atoms with Crippen molar-refractivity contribution in [1.82, 2.24) is 10.1 Å². The second-order valence-electron chi connectivity index (χ2n) is 8.56. The highest BCUT2D eigenvalue weighted by Gasteiger charge is 2.35. The number of aryl methyl sites for hydroxylation is 1. The fourth-order valence-corrected chi connectivity index (χ4v) is 3.10. The number of carbonyl (C=O) groups excluding carboxylic acids is 1. The topological polar surface area (TPSA) is 128 Å². The average molecular weight is 430 g/mol. The number of nitrogens with one attached hydrogen (secondary N) is 2. The molecule has 166 valence electrons. The molecule has 10 heteroatoms. The molecule has 0 aliphatic rings. The van der Waals surface area contributed by atoms with E-state index in [0.29, 0.717) is 10.7 Å². The van der Waals surface area contributed by atoms with Gasteiger partial charge in [0, 0.05) is 14.1 Å². The molecule has 0 unspecified atom stereocenters. The van der Waals surface area contributed by atoms with Crippen LogP contribution < -0.4 is 15.5 Å². The number of hydrogen-bond acceptors (Lipinski definition) is 8. The molecule has 2 aromatic heterocycles. The summed E-state index contributed by atoms with van der Waals surface area (Å²) in [6.07, 6.45) is 0. The number of hydrogen-bond donors (Lipinski definition) is 4. The lowest BCUT2D eigenvalue weighted by Crippen LogP contribution is -2.31. The van der Waals surface area contributed by atoms with E-state index < -0.39 is 0 Å². The summed E-state index contributed by atoms with van der Waals surface area (Å²) in [4.78, 5) is 14.1. The number of benzene rings is 1. The lowest BCUT2D eigenvalue weighted by atomic mass is 9.85. The van der Waals surface area contributed by atoms with Crippen LogP contribution in [-0.2, 0) is 0 Å². The van der Waals surface area contributed by atoms with Crippen molar-refractivity contribution in [2.45, 2.75) is 33.7 Å². The van der Waals surface area contributed by atoms with Crippen molar-refractivity contribution in [3.8, 4) is 5.75 Å². The van der Waals surface area contributed by atoms with Crippen LogP contribution >= 0.6 is 0 Å². The summed E-state index contributed by atoms with van der Waals surface area (Å²) < 4.78 is 10.7. The largest absolute Gasteiger partial charge is 0.504 e. The number of rotatable bonds is 6. The van der Waals surface area contributed by atoms with Gasteiger partial charge in [-0.1, -0.05) is 31.5 Å². The number of amides is 1. The average Bonchev–Trinajstić information content (AvgIpc) is 3.26. The maximum absolute atomic E-state index is 12.3. The number of aromatic hydroxyl groups is 1. The molecule has 0 radical (unpaired) electrons. The second-order valence-corrected chi connectivity index (χ2v) is 8.56. The van der Waals surface area contributed by atoms with Gasteiger partial charge in [-0.05, 0) is 36.6 Å². The van der Waals surface area contributed by atoms with Gasteiger partial charge in [0.05, 0.1) is 11.6 Å². The maximum atomic E-state index is 12.3. The molecule has 0 fully saturated rings. The van der Waals surface area contributed by atoms with E-state index in [9.17, 15) is 15.1 Å². The van der Waals surface area contributed by atoms with Crippen molar-refractivity contribution >= 4 is 23.2 Å². The molecule has 3 aromatic rings. The van der Waals surface area contributed by atoms with Crippen LogP contribution in [0.5, 0.6) is 5.75 Å². The minimum absolute atomic E-state index is 0.0438. The predicted molar refractivity (Wildman–Crippen MR) is 113 cm³/mol. The van der Waals surface area contributed by atoms with Crippen LogP contribution in [-0.4, -0.2) is 40.4 Å². The molecule has 0 saturated heterocycles. The molecule has 4 N–H and O–H groups in total. The third-order valence-electron chi connectivity index (χ3n) is 4.74. The SMILES string of the molecule is Cc1ccc([C@H](Nc2no[n+](O)c2Nc2cccc(C(=O)N(C)C)c2O)C(C)(C)C)o1. The summed E-state index contributed by atoms with van der Waals surface area (Å²) in [6.45, 7) is 7.96. The third kappa shape index (κ3) is 4.57. The number of para-hydroxylation sites is 1. The monoisotopic (exact) mass is 430 g/mol. The van der Waals surface area contributed by atoms with Crippen LogP contribution in [0, 0.1) is 12.3 Å². The summed E-state index contributed by atoms with van der Waals surface area (Å²) >= 11 is 0. The van der Waals surface area contributed by atoms with Gasteiger partial charge in [-0.3, -0.25) is 10.1 Å². The van der Waals surface area contributed by atoms with Crippen LogP contribution in [0.3, 0.4) is 0 Å². The van der Waals surface area contributed by atoms with E-state index >= 15 is 0 Å². The number of anilines is 3.